The largest absolute Gasteiger partial charge is 0.388 e. The van der Waals surface area contributed by atoms with Gasteiger partial charge in [-0.25, -0.2) is 0 Å². The second-order valence-electron chi connectivity index (χ2n) is 4.82. The van der Waals surface area contributed by atoms with Crippen molar-refractivity contribution >= 4 is 7.85 Å². The Balaban J connectivity index is 2.14. The van der Waals surface area contributed by atoms with Crippen molar-refractivity contribution in [3.63, 3.8) is 0 Å². The third-order valence-corrected chi connectivity index (χ3v) is 3.38. The van der Waals surface area contributed by atoms with Gasteiger partial charge < -0.3 is 20.3 Å². The van der Waals surface area contributed by atoms with Gasteiger partial charge in [0, 0.05) is 6.61 Å². The van der Waals surface area contributed by atoms with Crippen molar-refractivity contribution in [2.24, 2.45) is 5.73 Å². The van der Waals surface area contributed by atoms with Crippen molar-refractivity contribution in [1.82, 2.24) is 0 Å². The Hall–Kier alpha value is -0.0951. The first kappa shape index (κ1) is 15.0. The Morgan fingerprint density at radius 3 is 2.59 bits per heavy atom. The lowest BCUT2D eigenvalue weighted by Gasteiger charge is -2.18. The summed E-state index contributed by atoms with van der Waals surface area (Å²) >= 11 is 0. The molecule has 1 unspecified atom stereocenters. The smallest absolute Gasteiger partial charge is 0.142 e. The minimum absolute atomic E-state index is 0.000934. The first-order valence-corrected chi connectivity index (χ1v) is 6.85. The number of ether oxygens (including phenoxy) is 2. The number of unbranched alkanes of at least 4 members (excludes halogenated alkanes) is 3. The molecular weight excluding hydrogens is 217 g/mol. The molecule has 0 bridgehead atoms. The van der Waals surface area contributed by atoms with Gasteiger partial charge in [-0.1, -0.05) is 19.8 Å². The van der Waals surface area contributed by atoms with Crippen molar-refractivity contribution in [3.05, 3.63) is 0 Å². The summed E-state index contributed by atoms with van der Waals surface area (Å²) in [6, 6.07) is -0.000934. The van der Waals surface area contributed by atoms with E-state index in [1.54, 1.807) is 0 Å². The number of nitrogens with two attached hydrogens (primary N) is 1. The third kappa shape index (κ3) is 4.58. The van der Waals surface area contributed by atoms with Crippen LogP contribution in [0.4, 0.5) is 0 Å². The molecule has 0 amide bonds. The molecule has 4 nitrogen and oxygen atoms in total. The molecule has 5 heteroatoms. The molecule has 0 aromatic carbocycles. The molecule has 0 spiro atoms. The summed E-state index contributed by atoms with van der Waals surface area (Å²) in [6.45, 7) is 3.50. The summed E-state index contributed by atoms with van der Waals surface area (Å²) in [6.07, 6.45) is 4.57. The molecule has 0 saturated carbocycles. The topological polar surface area (TPSA) is 64.7 Å². The van der Waals surface area contributed by atoms with Crippen LogP contribution in [-0.2, 0) is 9.47 Å². The Morgan fingerprint density at radius 1 is 1.29 bits per heavy atom. The fourth-order valence-electron chi connectivity index (χ4n) is 2.31. The minimum atomic E-state index is -0.473. The van der Waals surface area contributed by atoms with E-state index in [1.165, 1.54) is 0 Å². The predicted octanol–water partition coefficient (Wildman–Crippen LogP) is 0.0196. The predicted molar refractivity (Wildman–Crippen MR) is 70.8 cm³/mol. The number of aliphatic hydroxyl groups is 1. The molecular formula is C12H26BNO3. The number of rotatable bonds is 8. The molecule has 1 saturated heterocycles. The summed E-state index contributed by atoms with van der Waals surface area (Å²) < 4.78 is 11.4. The van der Waals surface area contributed by atoms with Crippen LogP contribution in [-0.4, -0.2) is 50.4 Å². The van der Waals surface area contributed by atoms with Crippen molar-refractivity contribution in [2.45, 2.75) is 63.3 Å². The van der Waals surface area contributed by atoms with Crippen LogP contribution < -0.4 is 5.73 Å². The van der Waals surface area contributed by atoms with Gasteiger partial charge in [-0.05, 0) is 25.8 Å². The van der Waals surface area contributed by atoms with E-state index < -0.39 is 6.10 Å². The Morgan fingerprint density at radius 2 is 2.00 bits per heavy atom. The van der Waals surface area contributed by atoms with E-state index in [0.717, 1.165) is 38.6 Å². The van der Waals surface area contributed by atoms with E-state index in [4.69, 9.17) is 15.2 Å². The number of hydrogen-bond acceptors (Lipinski definition) is 4. The highest BCUT2D eigenvalue weighted by Gasteiger charge is 2.40. The highest BCUT2D eigenvalue weighted by atomic mass is 16.6. The molecule has 0 aromatic rings. The third-order valence-electron chi connectivity index (χ3n) is 3.38. The van der Waals surface area contributed by atoms with E-state index >= 15 is 0 Å². The monoisotopic (exact) mass is 243 g/mol. The van der Waals surface area contributed by atoms with Crippen LogP contribution >= 0.6 is 0 Å². The molecule has 0 radical (unpaired) electrons. The van der Waals surface area contributed by atoms with E-state index in [9.17, 15) is 5.11 Å². The van der Waals surface area contributed by atoms with Crippen LogP contribution in [0.5, 0.6) is 0 Å². The van der Waals surface area contributed by atoms with Gasteiger partial charge >= 0.3 is 0 Å². The average Bonchev–Trinajstić information content (AvgIpc) is 2.60. The molecule has 17 heavy (non-hydrogen) atoms. The highest BCUT2D eigenvalue weighted by Crippen LogP contribution is 2.24. The quantitative estimate of drug-likeness (QED) is 0.466. The zero-order chi connectivity index (χ0) is 12.7. The van der Waals surface area contributed by atoms with Crippen LogP contribution in [0.1, 0.15) is 39.0 Å². The molecule has 100 valence electrons. The van der Waals surface area contributed by atoms with Crippen molar-refractivity contribution in [3.8, 4) is 0 Å². The summed E-state index contributed by atoms with van der Waals surface area (Å²) in [7, 11) is 1.97. The van der Waals surface area contributed by atoms with E-state index in [-0.39, 0.29) is 18.2 Å². The van der Waals surface area contributed by atoms with Crippen molar-refractivity contribution in [2.75, 3.05) is 13.2 Å². The molecule has 1 fully saturated rings. The first-order valence-electron chi connectivity index (χ1n) is 6.85. The normalized spacial score (nSPS) is 33.1. The van der Waals surface area contributed by atoms with Gasteiger partial charge in [-0.3, -0.25) is 0 Å². The summed E-state index contributed by atoms with van der Waals surface area (Å²) in [4.78, 5) is 0. The lowest BCUT2D eigenvalue weighted by atomic mass is 9.92. The standard InChI is InChI=1S/C12H26BNO3/c1-2-9-10(15)11(12(13)17-9)16-8-6-4-3-5-7-14/h9-12,15H,2-8,13-14H2,1H3/t9-,10?,11+,12-/m1/s1. The molecule has 1 aliphatic rings. The average molecular weight is 243 g/mol. The molecule has 1 aliphatic heterocycles. The first-order chi connectivity index (χ1) is 8.20. The maximum absolute atomic E-state index is 9.99. The van der Waals surface area contributed by atoms with Gasteiger partial charge in [0.1, 0.15) is 20.1 Å². The molecule has 0 aliphatic carbocycles. The summed E-state index contributed by atoms with van der Waals surface area (Å²) in [5, 5.41) is 9.99. The molecule has 1 rings (SSSR count). The zero-order valence-electron chi connectivity index (χ0n) is 11.1. The Kier molecular flexibility index (Phi) is 7.12. The maximum Gasteiger partial charge on any atom is 0.142 e. The van der Waals surface area contributed by atoms with Crippen molar-refractivity contribution in [1.29, 1.82) is 0 Å². The lowest BCUT2D eigenvalue weighted by molar-refractivity contribution is -0.0232. The van der Waals surface area contributed by atoms with Gasteiger partial charge in [0.15, 0.2) is 0 Å². The highest BCUT2D eigenvalue weighted by molar-refractivity contribution is 6.11. The van der Waals surface area contributed by atoms with Crippen LogP contribution in [0.3, 0.4) is 0 Å². The molecule has 4 atom stereocenters. The van der Waals surface area contributed by atoms with Crippen LogP contribution in [0, 0.1) is 0 Å². The van der Waals surface area contributed by atoms with E-state index in [1.807, 2.05) is 14.8 Å². The van der Waals surface area contributed by atoms with E-state index in [0.29, 0.717) is 6.61 Å². The summed E-state index contributed by atoms with van der Waals surface area (Å²) in [5.74, 6) is 0. The fourth-order valence-corrected chi connectivity index (χ4v) is 2.31. The maximum atomic E-state index is 9.99. The minimum Gasteiger partial charge on any atom is -0.388 e. The Bertz CT molecular complexity index is 206. The summed E-state index contributed by atoms with van der Waals surface area (Å²) in [5.41, 5.74) is 5.43. The van der Waals surface area contributed by atoms with Crippen LogP contribution in [0.2, 0.25) is 0 Å². The number of aliphatic hydroxyl groups excluding tert-OH is 1. The van der Waals surface area contributed by atoms with Gasteiger partial charge in [0.25, 0.3) is 0 Å². The van der Waals surface area contributed by atoms with Crippen LogP contribution in [0.25, 0.3) is 0 Å². The second kappa shape index (κ2) is 8.09. The van der Waals surface area contributed by atoms with Crippen LogP contribution in [0.15, 0.2) is 0 Å². The molecule has 3 N–H and O–H groups in total. The SMILES string of the molecule is B[C@@H]1O[C@H](CC)C(O)[C@@H]1OCCCCCCN. The Labute approximate surface area is 105 Å². The molecule has 1 heterocycles. The van der Waals surface area contributed by atoms with Gasteiger partial charge in [0.05, 0.1) is 12.1 Å². The lowest BCUT2D eigenvalue weighted by Crippen LogP contribution is -2.35. The second-order valence-corrected chi connectivity index (χ2v) is 4.82. The zero-order valence-corrected chi connectivity index (χ0v) is 11.1. The van der Waals surface area contributed by atoms with Gasteiger partial charge in [-0.15, -0.1) is 0 Å². The molecule has 0 aromatic heterocycles. The fraction of sp³-hybridized carbons (Fsp3) is 1.00. The number of hydrogen-bond donors (Lipinski definition) is 2. The van der Waals surface area contributed by atoms with E-state index in [2.05, 4.69) is 0 Å². The van der Waals surface area contributed by atoms with Crippen molar-refractivity contribution < 1.29 is 14.6 Å². The van der Waals surface area contributed by atoms with Gasteiger partial charge in [0.2, 0.25) is 0 Å². The van der Waals surface area contributed by atoms with Gasteiger partial charge in [-0.2, -0.15) is 0 Å².